The molecule has 4 rings (SSSR count). The highest BCUT2D eigenvalue weighted by atomic mass is 79.9. The van der Waals surface area contributed by atoms with Crippen LogP contribution in [0.3, 0.4) is 0 Å². The first-order valence-corrected chi connectivity index (χ1v) is 11.4. The number of hydrogen-bond donors (Lipinski definition) is 1. The average Bonchev–Trinajstić information content (AvgIpc) is 2.67. The molecule has 0 saturated carbocycles. The Bertz CT molecular complexity index is 1080. The van der Waals surface area contributed by atoms with Crippen molar-refractivity contribution >= 4 is 31.7 Å². The third-order valence-electron chi connectivity index (χ3n) is 5.47. The van der Waals surface area contributed by atoms with Crippen molar-refractivity contribution in [1.82, 2.24) is 4.31 Å². The molecule has 0 radical (unpaired) electrons. The Morgan fingerprint density at radius 1 is 1.17 bits per heavy atom. The number of fused-ring (bicyclic) bond motifs is 1. The van der Waals surface area contributed by atoms with Crippen LogP contribution in [-0.2, 0) is 10.0 Å². The molecule has 2 aliphatic rings. The normalized spacial score (nSPS) is 18.9. The van der Waals surface area contributed by atoms with Crippen molar-refractivity contribution in [3.8, 4) is 17.2 Å². The molecule has 2 aliphatic heterocycles. The molecule has 0 bridgehead atoms. The lowest BCUT2D eigenvalue weighted by Gasteiger charge is -2.43. The van der Waals surface area contributed by atoms with Crippen LogP contribution in [0.15, 0.2) is 45.8 Å². The fraction of sp³-hybridized carbons (Fsp3) is 0.350. The summed E-state index contributed by atoms with van der Waals surface area (Å²) in [5.41, 5.74) is -0.295. The van der Waals surface area contributed by atoms with Crippen LogP contribution in [0, 0.1) is 0 Å². The van der Waals surface area contributed by atoms with Gasteiger partial charge in [-0.05, 0) is 46.3 Å². The molecule has 1 fully saturated rings. The van der Waals surface area contributed by atoms with Gasteiger partial charge in [-0.3, -0.25) is 4.79 Å². The third kappa shape index (κ3) is 3.62. The summed E-state index contributed by atoms with van der Waals surface area (Å²) in [6, 6.07) is 9.10. The molecule has 9 heteroatoms. The molecule has 2 aromatic rings. The molecule has 7 nitrogen and oxygen atoms in total. The molecular weight excluding hydrogens is 462 g/mol. The minimum absolute atomic E-state index is 0.0266. The van der Waals surface area contributed by atoms with E-state index in [2.05, 4.69) is 15.9 Å². The number of Topliss-reactive ketones (excluding diaryl/α,β-unsaturated/α-hetero) is 1. The maximum atomic E-state index is 13.0. The van der Waals surface area contributed by atoms with Crippen molar-refractivity contribution in [3.63, 3.8) is 0 Å². The Balaban J connectivity index is 1.53. The van der Waals surface area contributed by atoms with Crippen molar-refractivity contribution in [3.05, 3.63) is 46.4 Å². The topological polar surface area (TPSA) is 93.1 Å². The number of aromatic hydroxyl groups is 1. The maximum absolute atomic E-state index is 13.0. The summed E-state index contributed by atoms with van der Waals surface area (Å²) in [4.78, 5) is 12.7. The van der Waals surface area contributed by atoms with Crippen molar-refractivity contribution in [2.45, 2.75) is 29.8 Å². The summed E-state index contributed by atoms with van der Waals surface area (Å²) >= 11 is 3.32. The second kappa shape index (κ2) is 7.30. The van der Waals surface area contributed by atoms with Crippen LogP contribution >= 0.6 is 15.9 Å². The van der Waals surface area contributed by atoms with Gasteiger partial charge in [0.2, 0.25) is 10.0 Å². The number of carbonyl (C=O) groups is 1. The largest absolute Gasteiger partial charge is 0.508 e. The number of ether oxygens (including phenoxy) is 2. The van der Waals surface area contributed by atoms with Crippen molar-refractivity contribution < 1.29 is 27.8 Å². The zero-order valence-corrected chi connectivity index (χ0v) is 18.1. The smallest absolute Gasteiger partial charge is 0.243 e. The summed E-state index contributed by atoms with van der Waals surface area (Å²) < 4.78 is 39.3. The number of sulfonamides is 1. The predicted molar refractivity (Wildman–Crippen MR) is 109 cm³/mol. The predicted octanol–water partition coefficient (Wildman–Crippen LogP) is 3.35. The van der Waals surface area contributed by atoms with Gasteiger partial charge in [-0.2, -0.15) is 4.31 Å². The van der Waals surface area contributed by atoms with Crippen molar-refractivity contribution in [2.24, 2.45) is 0 Å². The first-order chi connectivity index (χ1) is 13.7. The molecular formula is C20H20BrNO6S. The Morgan fingerprint density at radius 2 is 1.90 bits per heavy atom. The van der Waals surface area contributed by atoms with E-state index in [9.17, 15) is 18.3 Å². The number of carbonyl (C=O) groups excluding carboxylic acids is 1. The summed E-state index contributed by atoms with van der Waals surface area (Å²) in [5, 5.41) is 9.70. The Hall–Kier alpha value is -2.10. The van der Waals surface area contributed by atoms with Gasteiger partial charge in [0.15, 0.2) is 5.78 Å². The number of halogens is 1. The van der Waals surface area contributed by atoms with Gasteiger partial charge < -0.3 is 14.6 Å². The Kier molecular flexibility index (Phi) is 5.08. The van der Waals surface area contributed by atoms with Crippen LogP contribution in [0.2, 0.25) is 0 Å². The molecule has 1 saturated heterocycles. The first kappa shape index (κ1) is 20.2. The van der Waals surface area contributed by atoms with Crippen molar-refractivity contribution in [2.75, 3.05) is 20.2 Å². The number of ketones is 1. The van der Waals surface area contributed by atoms with E-state index in [0.717, 1.165) is 0 Å². The number of phenols is 1. The molecule has 1 spiro atoms. The van der Waals surface area contributed by atoms with Gasteiger partial charge in [-0.25, -0.2) is 8.42 Å². The maximum Gasteiger partial charge on any atom is 0.243 e. The number of phenolic OH excluding ortho intramolecular Hbond substituents is 1. The summed E-state index contributed by atoms with van der Waals surface area (Å²) in [6.07, 6.45) is 0.988. The van der Waals surface area contributed by atoms with E-state index < -0.39 is 15.6 Å². The number of rotatable bonds is 3. The van der Waals surface area contributed by atoms with Crippen LogP contribution in [0.5, 0.6) is 17.2 Å². The van der Waals surface area contributed by atoms with E-state index in [1.165, 1.54) is 35.7 Å². The minimum atomic E-state index is -3.68. The number of methoxy groups -OCH3 is 1. The van der Waals surface area contributed by atoms with Crippen molar-refractivity contribution in [1.29, 1.82) is 0 Å². The lowest BCUT2D eigenvalue weighted by molar-refractivity contribution is 0.00579. The Labute approximate surface area is 177 Å². The van der Waals surface area contributed by atoms with E-state index in [1.807, 2.05) is 0 Å². The molecule has 2 aromatic carbocycles. The van der Waals surface area contributed by atoms with E-state index in [1.54, 1.807) is 12.1 Å². The quantitative estimate of drug-likeness (QED) is 0.722. The second-order valence-electron chi connectivity index (χ2n) is 7.27. The molecule has 1 N–H and O–H groups in total. The van der Waals surface area contributed by atoms with Crippen LogP contribution in [0.4, 0.5) is 0 Å². The van der Waals surface area contributed by atoms with Crippen LogP contribution in [0.1, 0.15) is 29.6 Å². The molecule has 154 valence electrons. The molecule has 0 unspecified atom stereocenters. The average molecular weight is 482 g/mol. The van der Waals surface area contributed by atoms with Crippen LogP contribution in [0.25, 0.3) is 0 Å². The third-order valence-corrected chi connectivity index (χ3v) is 7.98. The van der Waals surface area contributed by atoms with Gasteiger partial charge in [-0.1, -0.05) is 0 Å². The Morgan fingerprint density at radius 3 is 2.55 bits per heavy atom. The highest BCUT2D eigenvalue weighted by Crippen LogP contribution is 2.41. The highest BCUT2D eigenvalue weighted by molar-refractivity contribution is 9.10. The highest BCUT2D eigenvalue weighted by Gasteiger charge is 2.45. The second-order valence-corrected chi connectivity index (χ2v) is 10.1. The monoisotopic (exact) mass is 481 g/mol. The minimum Gasteiger partial charge on any atom is -0.508 e. The molecule has 0 aromatic heterocycles. The lowest BCUT2D eigenvalue weighted by Crippen LogP contribution is -2.52. The number of nitrogens with zero attached hydrogens (tertiary/aromatic N) is 1. The van der Waals surface area contributed by atoms with Gasteiger partial charge in [0, 0.05) is 32.0 Å². The van der Waals surface area contributed by atoms with Gasteiger partial charge in [0.05, 0.1) is 28.5 Å². The number of hydrogen-bond acceptors (Lipinski definition) is 6. The summed E-state index contributed by atoms with van der Waals surface area (Å²) in [5.74, 6) is 0.884. The van der Waals surface area contributed by atoms with E-state index >= 15 is 0 Å². The molecule has 0 atom stereocenters. The zero-order chi connectivity index (χ0) is 20.8. The summed E-state index contributed by atoms with van der Waals surface area (Å²) in [7, 11) is -2.16. The fourth-order valence-electron chi connectivity index (χ4n) is 3.85. The molecule has 29 heavy (non-hydrogen) atoms. The van der Waals surface area contributed by atoms with E-state index in [4.69, 9.17) is 9.47 Å². The number of benzene rings is 2. The first-order valence-electron chi connectivity index (χ1n) is 9.13. The fourth-order valence-corrected chi connectivity index (χ4v) is 6.01. The van der Waals surface area contributed by atoms with Gasteiger partial charge >= 0.3 is 0 Å². The zero-order valence-electron chi connectivity index (χ0n) is 15.7. The molecule has 0 amide bonds. The summed E-state index contributed by atoms with van der Waals surface area (Å²) in [6.45, 7) is 0.487. The van der Waals surface area contributed by atoms with Gasteiger partial charge in [-0.15, -0.1) is 0 Å². The van der Waals surface area contributed by atoms with E-state index in [0.29, 0.717) is 34.4 Å². The molecule has 0 aliphatic carbocycles. The number of piperidine rings is 1. The SMILES string of the molecule is COc1ccc(S(=O)(=O)N2CCC3(CC2)CC(=O)c2ccc(O)cc2O3)cc1Br. The standard InChI is InChI=1S/C20H20BrNO6S/c1-27-18-5-3-14(11-16(18)21)29(25,26)22-8-6-20(7-9-22)12-17(24)15-4-2-13(23)10-19(15)28-20/h2-5,10-11,23H,6-9,12H2,1H3. The lowest BCUT2D eigenvalue weighted by atomic mass is 9.83. The van der Waals surface area contributed by atoms with E-state index in [-0.39, 0.29) is 35.9 Å². The van der Waals surface area contributed by atoms with Crippen LogP contribution < -0.4 is 9.47 Å². The van der Waals surface area contributed by atoms with Gasteiger partial charge in [0.25, 0.3) is 0 Å². The molecule has 2 heterocycles. The van der Waals surface area contributed by atoms with Crippen LogP contribution in [-0.4, -0.2) is 49.4 Å². The van der Waals surface area contributed by atoms with Gasteiger partial charge in [0.1, 0.15) is 22.8 Å².